The molecule has 1 aliphatic carbocycles. The van der Waals surface area contributed by atoms with E-state index < -0.39 is 6.23 Å². The number of aliphatic hydroxyl groups excluding tert-OH is 1. The van der Waals surface area contributed by atoms with Crippen LogP contribution in [0.3, 0.4) is 0 Å². The molecular formula is C24H30N6O3. The van der Waals surface area contributed by atoms with Gasteiger partial charge >= 0.3 is 0 Å². The van der Waals surface area contributed by atoms with Gasteiger partial charge in [-0.15, -0.1) is 0 Å². The zero-order valence-electron chi connectivity index (χ0n) is 18.6. The number of hydrogen-bond donors (Lipinski definition) is 3. The predicted molar refractivity (Wildman–Crippen MR) is 126 cm³/mol. The van der Waals surface area contributed by atoms with Gasteiger partial charge in [-0.1, -0.05) is 0 Å². The molecule has 2 aliphatic rings. The lowest BCUT2D eigenvalue weighted by Gasteiger charge is -2.31. The monoisotopic (exact) mass is 450 g/mol. The molecular weight excluding hydrogens is 420 g/mol. The van der Waals surface area contributed by atoms with E-state index in [0.717, 1.165) is 80.3 Å². The summed E-state index contributed by atoms with van der Waals surface area (Å²) in [5, 5.41) is 12.9. The van der Waals surface area contributed by atoms with Crippen molar-refractivity contribution in [2.45, 2.75) is 44.1 Å². The van der Waals surface area contributed by atoms with E-state index in [1.807, 2.05) is 6.07 Å². The fraction of sp³-hybridized carbons (Fsp3) is 0.458. The van der Waals surface area contributed by atoms with Crippen molar-refractivity contribution in [2.75, 3.05) is 36.5 Å². The highest BCUT2D eigenvalue weighted by Crippen LogP contribution is 2.33. The van der Waals surface area contributed by atoms with Crippen LogP contribution in [0.25, 0.3) is 11.0 Å². The van der Waals surface area contributed by atoms with Crippen molar-refractivity contribution >= 4 is 22.5 Å². The van der Waals surface area contributed by atoms with Gasteiger partial charge in [0, 0.05) is 55.0 Å². The minimum atomic E-state index is -0.998. The van der Waals surface area contributed by atoms with Gasteiger partial charge < -0.3 is 30.5 Å². The predicted octanol–water partition coefficient (Wildman–Crippen LogP) is 2.61. The van der Waals surface area contributed by atoms with Gasteiger partial charge in [0.2, 0.25) is 0 Å². The molecule has 1 aromatic carbocycles. The first-order chi connectivity index (χ1) is 16.2. The zero-order chi connectivity index (χ0) is 22.6. The number of aliphatic hydroxyl groups is 1. The van der Waals surface area contributed by atoms with Crippen molar-refractivity contribution in [1.29, 1.82) is 0 Å². The van der Waals surface area contributed by atoms with Gasteiger partial charge in [0.15, 0.2) is 0 Å². The van der Waals surface area contributed by atoms with E-state index in [-0.39, 0.29) is 6.10 Å². The van der Waals surface area contributed by atoms with Gasteiger partial charge in [-0.3, -0.25) is 4.98 Å². The number of ether oxygens (including phenoxy) is 2. The number of nitrogens with zero attached hydrogens (tertiary/aromatic N) is 4. The van der Waals surface area contributed by atoms with Crippen LogP contribution in [0.5, 0.6) is 5.75 Å². The molecule has 1 saturated heterocycles. The van der Waals surface area contributed by atoms with Gasteiger partial charge in [-0.05, 0) is 43.9 Å². The Labute approximate surface area is 193 Å². The number of nitrogens with two attached hydrogens (primary N) is 1. The molecule has 1 unspecified atom stereocenters. The molecule has 0 spiro atoms. The van der Waals surface area contributed by atoms with Crippen LogP contribution in [0.15, 0.2) is 42.9 Å². The Bertz CT molecular complexity index is 1060. The zero-order valence-corrected chi connectivity index (χ0v) is 18.6. The Morgan fingerprint density at radius 3 is 2.58 bits per heavy atom. The summed E-state index contributed by atoms with van der Waals surface area (Å²) in [6, 6.07) is 8.17. The minimum absolute atomic E-state index is 0.135. The second-order valence-corrected chi connectivity index (χ2v) is 8.62. The van der Waals surface area contributed by atoms with Gasteiger partial charge in [0.1, 0.15) is 23.3 Å². The van der Waals surface area contributed by atoms with Crippen molar-refractivity contribution in [3.63, 3.8) is 0 Å². The number of aromatic nitrogens is 3. The molecule has 3 heterocycles. The molecule has 5 rings (SSSR count). The van der Waals surface area contributed by atoms with Crippen LogP contribution >= 0.6 is 0 Å². The van der Waals surface area contributed by atoms with E-state index >= 15 is 0 Å². The third-order valence-corrected chi connectivity index (χ3v) is 6.35. The quantitative estimate of drug-likeness (QED) is 0.487. The maximum absolute atomic E-state index is 9.43. The van der Waals surface area contributed by atoms with Crippen LogP contribution in [0.2, 0.25) is 0 Å². The third kappa shape index (κ3) is 5.16. The lowest BCUT2D eigenvalue weighted by molar-refractivity contribution is 0.122. The Balaban J connectivity index is 1.24. The van der Waals surface area contributed by atoms with E-state index in [1.54, 1.807) is 24.7 Å². The molecule has 3 aromatic rings. The number of pyridine rings is 1. The average molecular weight is 451 g/mol. The first-order valence-corrected chi connectivity index (χ1v) is 11.6. The van der Waals surface area contributed by atoms with Crippen molar-refractivity contribution in [3.8, 4) is 5.75 Å². The Morgan fingerprint density at radius 2 is 1.85 bits per heavy atom. The number of hydrogen-bond acceptors (Lipinski definition) is 9. The van der Waals surface area contributed by atoms with E-state index in [9.17, 15) is 5.11 Å². The maximum Gasteiger partial charge on any atom is 0.149 e. The number of anilines is 2. The molecule has 1 aliphatic heterocycles. The summed E-state index contributed by atoms with van der Waals surface area (Å²) < 4.78 is 12.0. The van der Waals surface area contributed by atoms with Crippen LogP contribution in [0.1, 0.15) is 37.5 Å². The topological polar surface area (TPSA) is 119 Å². The molecule has 2 aromatic heterocycles. The highest BCUT2D eigenvalue weighted by molar-refractivity contribution is 5.85. The van der Waals surface area contributed by atoms with Crippen LogP contribution < -0.4 is 20.7 Å². The van der Waals surface area contributed by atoms with Crippen LogP contribution in [0, 0.1) is 0 Å². The highest BCUT2D eigenvalue weighted by Gasteiger charge is 2.24. The summed E-state index contributed by atoms with van der Waals surface area (Å²) in [5.74, 6) is 1.60. The van der Waals surface area contributed by atoms with E-state index in [1.165, 1.54) is 0 Å². The first kappa shape index (κ1) is 21.8. The third-order valence-electron chi connectivity index (χ3n) is 6.35. The Kier molecular flexibility index (Phi) is 6.52. The van der Waals surface area contributed by atoms with E-state index in [2.05, 4.69) is 37.3 Å². The minimum Gasteiger partial charge on any atom is -0.488 e. The van der Waals surface area contributed by atoms with Gasteiger partial charge in [0.25, 0.3) is 0 Å². The summed E-state index contributed by atoms with van der Waals surface area (Å²) in [4.78, 5) is 15.7. The Hall–Kier alpha value is -3.01. The number of nitrogens with one attached hydrogen (secondary N) is 1. The molecule has 9 nitrogen and oxygen atoms in total. The lowest BCUT2D eigenvalue weighted by Crippen LogP contribution is -2.36. The SMILES string of the molecule is NC(O)c1ccc(NC2CCC(Oc3cc(N4CCOCC4)cc4nccnc34)CC2)nc1. The summed E-state index contributed by atoms with van der Waals surface area (Å²) in [7, 11) is 0. The standard InChI is InChI=1S/C24H30N6O3/c25-24(31)16-1-6-22(28-15-16)29-17-2-4-19(5-3-17)33-21-14-18(30-9-11-32-12-10-30)13-20-23(21)27-8-7-26-20/h1,6-8,13-15,17,19,24,31H,2-5,9-12,25H2,(H,28,29). The number of rotatable bonds is 6. The number of fused-ring (bicyclic) bond motifs is 1. The van der Waals surface area contributed by atoms with Gasteiger partial charge in [-0.2, -0.15) is 0 Å². The van der Waals surface area contributed by atoms with Gasteiger partial charge in [-0.25, -0.2) is 9.97 Å². The largest absolute Gasteiger partial charge is 0.488 e. The van der Waals surface area contributed by atoms with Crippen molar-refractivity contribution < 1.29 is 14.6 Å². The molecule has 174 valence electrons. The molecule has 0 amide bonds. The summed E-state index contributed by atoms with van der Waals surface area (Å²) >= 11 is 0. The van der Waals surface area contributed by atoms with E-state index in [0.29, 0.717) is 11.6 Å². The summed E-state index contributed by atoms with van der Waals surface area (Å²) in [5.41, 5.74) is 8.84. The molecule has 1 saturated carbocycles. The smallest absolute Gasteiger partial charge is 0.149 e. The molecule has 2 fully saturated rings. The summed E-state index contributed by atoms with van der Waals surface area (Å²) in [6.45, 7) is 3.19. The van der Waals surface area contributed by atoms with Crippen LogP contribution in [-0.4, -0.2) is 58.5 Å². The van der Waals surface area contributed by atoms with Crippen LogP contribution in [-0.2, 0) is 4.74 Å². The first-order valence-electron chi connectivity index (χ1n) is 11.6. The van der Waals surface area contributed by atoms with Crippen molar-refractivity contribution in [1.82, 2.24) is 15.0 Å². The molecule has 0 radical (unpaired) electrons. The van der Waals surface area contributed by atoms with Crippen molar-refractivity contribution in [2.24, 2.45) is 5.73 Å². The second kappa shape index (κ2) is 9.86. The maximum atomic E-state index is 9.43. The molecule has 4 N–H and O–H groups in total. The van der Waals surface area contributed by atoms with E-state index in [4.69, 9.17) is 15.2 Å². The molecule has 33 heavy (non-hydrogen) atoms. The number of benzene rings is 1. The lowest BCUT2D eigenvalue weighted by atomic mass is 9.93. The highest BCUT2D eigenvalue weighted by atomic mass is 16.5. The average Bonchev–Trinajstić information content (AvgIpc) is 2.86. The molecule has 9 heteroatoms. The molecule has 1 atom stereocenters. The fourth-order valence-corrected chi connectivity index (χ4v) is 4.50. The Morgan fingerprint density at radius 1 is 1.06 bits per heavy atom. The normalized spacial score (nSPS) is 22.2. The van der Waals surface area contributed by atoms with Crippen LogP contribution in [0.4, 0.5) is 11.5 Å². The van der Waals surface area contributed by atoms with Gasteiger partial charge in [0.05, 0.1) is 24.8 Å². The number of morpholine rings is 1. The van der Waals surface area contributed by atoms with Crippen molar-refractivity contribution in [3.05, 3.63) is 48.4 Å². The molecule has 0 bridgehead atoms. The second-order valence-electron chi connectivity index (χ2n) is 8.62. The fourth-order valence-electron chi connectivity index (χ4n) is 4.50. The summed E-state index contributed by atoms with van der Waals surface area (Å²) in [6.07, 6.45) is 8.04.